The van der Waals surface area contributed by atoms with Crippen LogP contribution in [0.4, 0.5) is 15.8 Å². The van der Waals surface area contributed by atoms with E-state index in [2.05, 4.69) is 25.8 Å². The van der Waals surface area contributed by atoms with E-state index in [1.54, 1.807) is 7.05 Å². The third-order valence-electron chi connectivity index (χ3n) is 2.30. The molecule has 2 aromatic rings. The van der Waals surface area contributed by atoms with Gasteiger partial charge in [0.2, 0.25) is 0 Å². The Morgan fingerprint density at radius 2 is 2.16 bits per heavy atom. The summed E-state index contributed by atoms with van der Waals surface area (Å²) in [5.74, 6) is -0.627. The normalized spacial score (nSPS) is 11.5. The van der Waals surface area contributed by atoms with E-state index in [-0.39, 0.29) is 15.1 Å². The Labute approximate surface area is 117 Å². The standard InChI is InChI=1S/C10H10BrFN4O2S/c1-16-5-6(4-14-16)15-19(17,18)10-2-7(11)8(12)3-9(10)13/h2-5,15H,13H2,1H3. The molecule has 102 valence electrons. The third kappa shape index (κ3) is 2.87. The van der Waals surface area contributed by atoms with Crippen LogP contribution in [0.25, 0.3) is 0 Å². The smallest absolute Gasteiger partial charge is 0.264 e. The summed E-state index contributed by atoms with van der Waals surface area (Å²) in [5, 5.41) is 3.84. The number of halogens is 2. The van der Waals surface area contributed by atoms with Crippen LogP contribution in [-0.2, 0) is 17.1 Å². The number of anilines is 2. The number of nitrogens with two attached hydrogens (primary N) is 1. The van der Waals surface area contributed by atoms with Crippen LogP contribution in [0.3, 0.4) is 0 Å². The molecule has 9 heteroatoms. The van der Waals surface area contributed by atoms with Crippen LogP contribution in [0, 0.1) is 5.82 Å². The summed E-state index contributed by atoms with van der Waals surface area (Å²) in [4.78, 5) is -0.204. The van der Waals surface area contributed by atoms with Crippen LogP contribution >= 0.6 is 15.9 Å². The molecule has 0 fully saturated rings. The molecule has 0 spiro atoms. The van der Waals surface area contributed by atoms with Gasteiger partial charge >= 0.3 is 0 Å². The number of aryl methyl sites for hydroxylation is 1. The van der Waals surface area contributed by atoms with Gasteiger partial charge in [-0.15, -0.1) is 0 Å². The van der Waals surface area contributed by atoms with Crippen molar-refractivity contribution in [3.8, 4) is 0 Å². The molecule has 0 aliphatic rings. The van der Waals surface area contributed by atoms with Gasteiger partial charge in [-0.2, -0.15) is 5.10 Å². The maximum Gasteiger partial charge on any atom is 0.264 e. The molecular formula is C10H10BrFN4O2S. The minimum absolute atomic E-state index is 0.0215. The molecule has 0 amide bonds. The molecule has 2 rings (SSSR count). The van der Waals surface area contributed by atoms with E-state index in [0.717, 1.165) is 12.1 Å². The van der Waals surface area contributed by atoms with E-state index < -0.39 is 15.8 Å². The number of nitrogens with zero attached hydrogens (tertiary/aromatic N) is 2. The molecule has 1 heterocycles. The van der Waals surface area contributed by atoms with Crippen LogP contribution in [0.15, 0.2) is 33.9 Å². The lowest BCUT2D eigenvalue weighted by atomic mass is 10.3. The first kappa shape index (κ1) is 13.8. The van der Waals surface area contributed by atoms with Gasteiger partial charge in [-0.1, -0.05) is 0 Å². The summed E-state index contributed by atoms with van der Waals surface area (Å²) in [6.45, 7) is 0. The first-order valence-corrected chi connectivity index (χ1v) is 7.33. The number of hydrogen-bond donors (Lipinski definition) is 2. The molecule has 3 N–H and O–H groups in total. The van der Waals surface area contributed by atoms with Gasteiger partial charge in [-0.3, -0.25) is 9.40 Å². The van der Waals surface area contributed by atoms with Gasteiger partial charge in [-0.25, -0.2) is 12.8 Å². The molecule has 0 unspecified atom stereocenters. The van der Waals surface area contributed by atoms with Crippen molar-refractivity contribution in [3.05, 3.63) is 34.8 Å². The fraction of sp³-hybridized carbons (Fsp3) is 0.100. The lowest BCUT2D eigenvalue weighted by molar-refractivity contribution is 0.599. The average Bonchev–Trinajstić information content (AvgIpc) is 2.68. The van der Waals surface area contributed by atoms with Crippen molar-refractivity contribution in [2.45, 2.75) is 4.90 Å². The number of nitrogen functional groups attached to an aromatic ring is 1. The van der Waals surface area contributed by atoms with Crippen molar-refractivity contribution in [3.63, 3.8) is 0 Å². The Morgan fingerprint density at radius 1 is 1.47 bits per heavy atom. The van der Waals surface area contributed by atoms with Crippen LogP contribution in [-0.4, -0.2) is 18.2 Å². The van der Waals surface area contributed by atoms with Crippen LogP contribution in [0.5, 0.6) is 0 Å². The van der Waals surface area contributed by atoms with Crippen LogP contribution in [0.2, 0.25) is 0 Å². The van der Waals surface area contributed by atoms with Crippen molar-refractivity contribution < 1.29 is 12.8 Å². The highest BCUT2D eigenvalue weighted by Crippen LogP contribution is 2.27. The summed E-state index contributed by atoms with van der Waals surface area (Å²) in [5.41, 5.74) is 5.66. The molecule has 6 nitrogen and oxygen atoms in total. The summed E-state index contributed by atoms with van der Waals surface area (Å²) in [6, 6.07) is 2.06. The monoisotopic (exact) mass is 348 g/mol. The fourth-order valence-corrected chi connectivity index (χ4v) is 3.12. The Kier molecular flexibility index (Phi) is 3.50. The second-order valence-electron chi connectivity index (χ2n) is 3.81. The molecule has 0 saturated heterocycles. The Balaban J connectivity index is 2.42. The van der Waals surface area contributed by atoms with Crippen molar-refractivity contribution in [2.24, 2.45) is 7.05 Å². The number of aromatic nitrogens is 2. The summed E-state index contributed by atoms with van der Waals surface area (Å²) in [7, 11) is -2.24. The quantitative estimate of drug-likeness (QED) is 0.826. The predicted molar refractivity (Wildman–Crippen MR) is 72.5 cm³/mol. The lowest BCUT2D eigenvalue weighted by Crippen LogP contribution is -2.14. The Morgan fingerprint density at radius 3 is 2.74 bits per heavy atom. The minimum atomic E-state index is -3.89. The SMILES string of the molecule is Cn1cc(NS(=O)(=O)c2cc(Br)c(F)cc2N)cn1. The fourth-order valence-electron chi connectivity index (χ4n) is 1.46. The maximum absolute atomic E-state index is 13.2. The van der Waals surface area contributed by atoms with E-state index in [4.69, 9.17) is 5.73 Å². The maximum atomic E-state index is 13.2. The highest BCUT2D eigenvalue weighted by atomic mass is 79.9. The third-order valence-corrected chi connectivity index (χ3v) is 4.34. The molecule has 1 aromatic carbocycles. The van der Waals surface area contributed by atoms with Gasteiger partial charge in [0.25, 0.3) is 10.0 Å². The molecule has 0 aliphatic carbocycles. The van der Waals surface area contributed by atoms with Crippen LogP contribution < -0.4 is 10.5 Å². The van der Waals surface area contributed by atoms with Crippen molar-refractivity contribution in [1.29, 1.82) is 0 Å². The van der Waals surface area contributed by atoms with E-state index in [1.807, 2.05) is 0 Å². The second kappa shape index (κ2) is 4.82. The number of rotatable bonds is 3. The zero-order valence-electron chi connectivity index (χ0n) is 9.76. The van der Waals surface area contributed by atoms with Crippen molar-refractivity contribution in [2.75, 3.05) is 10.5 Å². The van der Waals surface area contributed by atoms with Gasteiger partial charge in [0, 0.05) is 13.2 Å². The number of hydrogen-bond acceptors (Lipinski definition) is 4. The van der Waals surface area contributed by atoms with E-state index in [9.17, 15) is 12.8 Å². The molecule has 19 heavy (non-hydrogen) atoms. The van der Waals surface area contributed by atoms with Crippen molar-refractivity contribution in [1.82, 2.24) is 9.78 Å². The average molecular weight is 349 g/mol. The first-order chi connectivity index (χ1) is 8.79. The predicted octanol–water partition coefficient (Wildman–Crippen LogP) is 1.70. The minimum Gasteiger partial charge on any atom is -0.398 e. The lowest BCUT2D eigenvalue weighted by Gasteiger charge is -2.09. The summed E-state index contributed by atoms with van der Waals surface area (Å²) in [6.07, 6.45) is 2.85. The molecular weight excluding hydrogens is 339 g/mol. The van der Waals surface area contributed by atoms with Crippen LogP contribution in [0.1, 0.15) is 0 Å². The molecule has 0 aliphatic heterocycles. The van der Waals surface area contributed by atoms with Gasteiger partial charge < -0.3 is 5.73 Å². The second-order valence-corrected chi connectivity index (χ2v) is 6.32. The topological polar surface area (TPSA) is 90.0 Å². The molecule has 0 atom stereocenters. The summed E-state index contributed by atoms with van der Waals surface area (Å²) < 4.78 is 41.2. The van der Waals surface area contributed by atoms with Crippen molar-refractivity contribution >= 4 is 37.3 Å². The zero-order chi connectivity index (χ0) is 14.2. The van der Waals surface area contributed by atoms with Gasteiger partial charge in [0.1, 0.15) is 10.7 Å². The molecule has 0 bridgehead atoms. The number of benzene rings is 1. The van der Waals surface area contributed by atoms with E-state index >= 15 is 0 Å². The largest absolute Gasteiger partial charge is 0.398 e. The number of nitrogens with one attached hydrogen (secondary N) is 1. The first-order valence-electron chi connectivity index (χ1n) is 5.05. The molecule has 0 saturated carbocycles. The highest BCUT2D eigenvalue weighted by molar-refractivity contribution is 9.10. The molecule has 1 aromatic heterocycles. The Bertz CT molecular complexity index is 729. The zero-order valence-corrected chi connectivity index (χ0v) is 12.2. The van der Waals surface area contributed by atoms with Gasteiger partial charge in [-0.05, 0) is 28.1 Å². The Hall–Kier alpha value is -1.61. The van der Waals surface area contributed by atoms with Gasteiger partial charge in [0.15, 0.2) is 0 Å². The van der Waals surface area contributed by atoms with E-state index in [1.165, 1.54) is 17.1 Å². The number of sulfonamides is 1. The molecule has 0 radical (unpaired) electrons. The van der Waals surface area contributed by atoms with E-state index in [0.29, 0.717) is 5.69 Å². The highest BCUT2D eigenvalue weighted by Gasteiger charge is 2.20. The summed E-state index contributed by atoms with van der Waals surface area (Å²) >= 11 is 2.92. The van der Waals surface area contributed by atoms with Gasteiger partial charge in [0.05, 0.1) is 22.0 Å².